The zero-order valence-electron chi connectivity index (χ0n) is 6.43. The van der Waals surface area contributed by atoms with Gasteiger partial charge in [0.2, 0.25) is 0 Å². The van der Waals surface area contributed by atoms with Crippen LogP contribution in [-0.4, -0.2) is 17.3 Å². The van der Waals surface area contributed by atoms with Crippen molar-refractivity contribution in [3.8, 4) is 0 Å². The van der Waals surface area contributed by atoms with Crippen LogP contribution >= 0.6 is 0 Å². The number of aliphatic carboxylic acids is 1. The highest BCUT2D eigenvalue weighted by Crippen LogP contribution is 2.07. The van der Waals surface area contributed by atoms with Gasteiger partial charge in [-0.25, -0.2) is 0 Å². The van der Waals surface area contributed by atoms with E-state index in [0.717, 1.165) is 5.57 Å². The first-order valence-corrected chi connectivity index (χ1v) is 3.56. The van der Waals surface area contributed by atoms with Crippen molar-refractivity contribution in [3.05, 3.63) is 24.0 Å². The predicted octanol–water partition coefficient (Wildman–Crippen LogP) is 1.31. The molecule has 0 aromatic carbocycles. The molecule has 0 radical (unpaired) electrons. The molecule has 4 nitrogen and oxygen atoms in total. The van der Waals surface area contributed by atoms with Gasteiger partial charge in [-0.3, -0.25) is 4.79 Å². The normalized spacial score (nSPS) is 14.8. The molecule has 0 aromatic heterocycles. The van der Waals surface area contributed by atoms with Crippen LogP contribution in [0, 0.1) is 0 Å². The van der Waals surface area contributed by atoms with Crippen LogP contribution < -0.4 is 0 Å². The van der Waals surface area contributed by atoms with E-state index >= 15 is 0 Å². The van der Waals surface area contributed by atoms with E-state index in [1.54, 1.807) is 12.2 Å². The molecule has 0 amide bonds. The number of oxime groups is 1. The van der Waals surface area contributed by atoms with Crippen molar-refractivity contribution in [3.63, 3.8) is 0 Å². The second-order valence-electron chi connectivity index (χ2n) is 2.30. The molecule has 0 saturated carbocycles. The lowest BCUT2D eigenvalue weighted by atomic mass is 10.1. The molecule has 0 aliphatic carbocycles. The topological polar surface area (TPSA) is 58.9 Å². The summed E-state index contributed by atoms with van der Waals surface area (Å²) in [5.41, 5.74) is 0.902. The van der Waals surface area contributed by atoms with Crippen molar-refractivity contribution in [1.82, 2.24) is 0 Å². The maximum absolute atomic E-state index is 10.2. The van der Waals surface area contributed by atoms with Crippen molar-refractivity contribution in [2.45, 2.75) is 12.8 Å². The Bertz CT molecular complexity index is 253. The van der Waals surface area contributed by atoms with Gasteiger partial charge in [0.05, 0.1) is 6.21 Å². The van der Waals surface area contributed by atoms with E-state index in [1.807, 2.05) is 0 Å². The van der Waals surface area contributed by atoms with Crippen LogP contribution in [-0.2, 0) is 9.63 Å². The minimum Gasteiger partial charge on any atom is -0.481 e. The molecular formula is C8H9NO3. The van der Waals surface area contributed by atoms with Crippen LogP contribution in [0.5, 0.6) is 0 Å². The first-order chi connectivity index (χ1) is 5.79. The number of nitrogens with zero attached hydrogens (tertiary/aromatic N) is 1. The molecule has 1 aliphatic rings. The highest BCUT2D eigenvalue weighted by molar-refractivity contribution is 5.73. The summed E-state index contributed by atoms with van der Waals surface area (Å²) < 4.78 is 0. The van der Waals surface area contributed by atoms with Gasteiger partial charge in [0.25, 0.3) is 0 Å². The highest BCUT2D eigenvalue weighted by atomic mass is 16.6. The number of rotatable bonds is 3. The van der Waals surface area contributed by atoms with Crippen LogP contribution in [0.4, 0.5) is 0 Å². The fraction of sp³-hybridized carbons (Fsp3) is 0.250. The van der Waals surface area contributed by atoms with Gasteiger partial charge in [0.15, 0.2) is 0 Å². The Kier molecular flexibility index (Phi) is 3.07. The lowest BCUT2D eigenvalue weighted by Gasteiger charge is -1.94. The van der Waals surface area contributed by atoms with E-state index in [4.69, 9.17) is 5.11 Å². The minimum atomic E-state index is -0.800. The Balaban J connectivity index is 2.45. The molecule has 0 bridgehead atoms. The molecule has 0 saturated heterocycles. The summed E-state index contributed by atoms with van der Waals surface area (Å²) in [5, 5.41) is 11.9. The monoisotopic (exact) mass is 167 g/mol. The van der Waals surface area contributed by atoms with Crippen LogP contribution in [0.3, 0.4) is 0 Å². The van der Waals surface area contributed by atoms with E-state index in [9.17, 15) is 4.79 Å². The fourth-order valence-corrected chi connectivity index (χ4v) is 0.788. The molecule has 64 valence electrons. The summed E-state index contributed by atoms with van der Waals surface area (Å²) >= 11 is 0. The maximum Gasteiger partial charge on any atom is 0.303 e. The second-order valence-corrected chi connectivity index (χ2v) is 2.30. The second kappa shape index (κ2) is 4.33. The Morgan fingerprint density at radius 1 is 1.67 bits per heavy atom. The summed E-state index contributed by atoms with van der Waals surface area (Å²) in [7, 11) is 0. The summed E-state index contributed by atoms with van der Waals surface area (Å²) in [6, 6.07) is 0. The molecule has 0 atom stereocenters. The molecule has 1 rings (SSSR count). The van der Waals surface area contributed by atoms with Gasteiger partial charge in [-0.05, 0) is 24.1 Å². The maximum atomic E-state index is 10.2. The number of allylic oxidation sites excluding steroid dienone is 3. The zero-order valence-corrected chi connectivity index (χ0v) is 6.43. The van der Waals surface area contributed by atoms with E-state index in [0.29, 0.717) is 6.42 Å². The van der Waals surface area contributed by atoms with Crippen molar-refractivity contribution < 1.29 is 14.7 Å². The number of hydrogen-bond acceptors (Lipinski definition) is 3. The van der Waals surface area contributed by atoms with Crippen molar-refractivity contribution >= 4 is 12.2 Å². The van der Waals surface area contributed by atoms with Crippen LogP contribution in [0.1, 0.15) is 12.8 Å². The third-order valence-corrected chi connectivity index (χ3v) is 1.38. The van der Waals surface area contributed by atoms with Crippen LogP contribution in [0.25, 0.3) is 0 Å². The minimum absolute atomic E-state index is 0.129. The van der Waals surface area contributed by atoms with E-state index < -0.39 is 5.97 Å². The predicted molar refractivity (Wildman–Crippen MR) is 43.7 cm³/mol. The molecule has 12 heavy (non-hydrogen) atoms. The standard InChI is InChI=1S/C8H9NO3/c10-8(11)2-1-7-3-5-9-12-6-4-7/h3-6H,1-2H2,(H,10,11). The van der Waals surface area contributed by atoms with Gasteiger partial charge < -0.3 is 9.94 Å². The average molecular weight is 167 g/mol. The smallest absolute Gasteiger partial charge is 0.303 e. The van der Waals surface area contributed by atoms with Gasteiger partial charge in [0, 0.05) is 6.42 Å². The Morgan fingerprint density at radius 2 is 2.50 bits per heavy atom. The first-order valence-electron chi connectivity index (χ1n) is 3.56. The number of carboxylic acids is 1. The van der Waals surface area contributed by atoms with Crippen LogP contribution in [0.2, 0.25) is 0 Å². The summed E-state index contributed by atoms with van der Waals surface area (Å²) in [4.78, 5) is 14.8. The SMILES string of the molecule is O=C(O)CCC1=CC=NOC=C1. The summed E-state index contributed by atoms with van der Waals surface area (Å²) in [6.07, 6.45) is 6.99. The molecule has 0 fully saturated rings. The van der Waals surface area contributed by atoms with Gasteiger partial charge in [0.1, 0.15) is 6.26 Å². The fourth-order valence-electron chi connectivity index (χ4n) is 0.788. The van der Waals surface area contributed by atoms with Crippen molar-refractivity contribution in [2.75, 3.05) is 0 Å². The van der Waals surface area contributed by atoms with Crippen LogP contribution in [0.15, 0.2) is 29.1 Å². The quantitative estimate of drug-likeness (QED) is 0.689. The lowest BCUT2D eigenvalue weighted by Crippen LogP contribution is -1.94. The Labute approximate surface area is 69.8 Å². The molecular weight excluding hydrogens is 158 g/mol. The van der Waals surface area contributed by atoms with Gasteiger partial charge in [-0.2, -0.15) is 0 Å². The number of carbonyl (C=O) groups is 1. The first kappa shape index (κ1) is 8.52. The Morgan fingerprint density at radius 3 is 3.25 bits per heavy atom. The number of hydrogen-bond donors (Lipinski definition) is 1. The summed E-state index contributed by atoms with van der Waals surface area (Å²) in [6.45, 7) is 0. The van der Waals surface area contributed by atoms with Crippen molar-refractivity contribution in [1.29, 1.82) is 0 Å². The molecule has 4 heteroatoms. The molecule has 1 heterocycles. The number of carboxylic acid groups (broad SMARTS) is 1. The third kappa shape index (κ3) is 3.01. The molecule has 1 N–H and O–H groups in total. The van der Waals surface area contributed by atoms with Gasteiger partial charge >= 0.3 is 5.97 Å². The lowest BCUT2D eigenvalue weighted by molar-refractivity contribution is -0.136. The van der Waals surface area contributed by atoms with E-state index in [-0.39, 0.29) is 6.42 Å². The van der Waals surface area contributed by atoms with Crippen molar-refractivity contribution in [2.24, 2.45) is 5.16 Å². The zero-order chi connectivity index (χ0) is 8.81. The molecule has 0 aromatic rings. The van der Waals surface area contributed by atoms with Gasteiger partial charge in [-0.15, -0.1) is 0 Å². The molecule has 0 unspecified atom stereocenters. The molecule has 0 spiro atoms. The Hall–Kier alpha value is -1.58. The van der Waals surface area contributed by atoms with E-state index in [1.165, 1.54) is 12.5 Å². The van der Waals surface area contributed by atoms with E-state index in [2.05, 4.69) is 9.99 Å². The molecule has 1 aliphatic heterocycles. The third-order valence-electron chi connectivity index (χ3n) is 1.38. The van der Waals surface area contributed by atoms with Gasteiger partial charge in [-0.1, -0.05) is 5.16 Å². The largest absolute Gasteiger partial charge is 0.481 e. The highest BCUT2D eigenvalue weighted by Gasteiger charge is 1.99. The average Bonchev–Trinajstić information content (AvgIpc) is 2.28. The summed E-state index contributed by atoms with van der Waals surface area (Å²) in [5.74, 6) is -0.800.